The molecular formula is C6H12ClNO2. The van der Waals surface area contributed by atoms with Gasteiger partial charge in [-0.25, -0.2) is 0 Å². The minimum absolute atomic E-state index is 0.0656. The fourth-order valence-electron chi connectivity index (χ4n) is 0.613. The minimum Gasteiger partial charge on any atom is -0.383 e. The second-order valence-electron chi connectivity index (χ2n) is 2.01. The van der Waals surface area contributed by atoms with E-state index >= 15 is 0 Å². The number of ether oxygens (including phenoxy) is 1. The van der Waals surface area contributed by atoms with Crippen molar-refractivity contribution in [3.63, 3.8) is 0 Å². The zero-order valence-electron chi connectivity index (χ0n) is 6.19. The highest BCUT2D eigenvalue weighted by atomic mass is 35.5. The van der Waals surface area contributed by atoms with Crippen LogP contribution in [0.15, 0.2) is 0 Å². The molecule has 1 N–H and O–H groups in total. The summed E-state index contributed by atoms with van der Waals surface area (Å²) in [4.78, 5) is 10.5. The minimum atomic E-state index is -0.0808. The third-order valence-electron chi connectivity index (χ3n) is 0.961. The molecule has 0 saturated heterocycles. The molecule has 0 aliphatic rings. The summed E-state index contributed by atoms with van der Waals surface area (Å²) in [5, 5.41) is 2.63. The first-order chi connectivity index (χ1) is 4.70. The Kier molecular flexibility index (Phi) is 5.35. The Morgan fingerprint density at radius 1 is 1.80 bits per heavy atom. The number of amides is 1. The quantitative estimate of drug-likeness (QED) is 0.612. The summed E-state index contributed by atoms with van der Waals surface area (Å²) in [7, 11) is 1.57. The largest absolute Gasteiger partial charge is 0.383 e. The predicted octanol–water partition coefficient (Wildman–Crippen LogP) is 0.376. The SMILES string of the molecule is COCC(CCl)NC(C)=O. The van der Waals surface area contributed by atoms with Gasteiger partial charge in [-0.3, -0.25) is 4.79 Å². The van der Waals surface area contributed by atoms with E-state index in [0.717, 1.165) is 0 Å². The van der Waals surface area contributed by atoms with E-state index < -0.39 is 0 Å². The molecule has 0 heterocycles. The van der Waals surface area contributed by atoms with Gasteiger partial charge in [-0.1, -0.05) is 0 Å². The van der Waals surface area contributed by atoms with Gasteiger partial charge >= 0.3 is 0 Å². The van der Waals surface area contributed by atoms with E-state index in [-0.39, 0.29) is 11.9 Å². The second kappa shape index (κ2) is 5.50. The predicted molar refractivity (Wildman–Crippen MR) is 40.2 cm³/mol. The standard InChI is InChI=1S/C6H12ClNO2/c1-5(9)8-6(3-7)4-10-2/h6H,3-4H2,1-2H3,(H,8,9). The molecule has 0 aromatic rings. The summed E-state index contributed by atoms with van der Waals surface area (Å²) in [6.45, 7) is 1.91. The monoisotopic (exact) mass is 165 g/mol. The van der Waals surface area contributed by atoms with Crippen LogP contribution in [0.3, 0.4) is 0 Å². The van der Waals surface area contributed by atoms with Crippen molar-refractivity contribution >= 4 is 17.5 Å². The maximum absolute atomic E-state index is 10.5. The van der Waals surface area contributed by atoms with Gasteiger partial charge in [0, 0.05) is 19.9 Å². The van der Waals surface area contributed by atoms with E-state index in [2.05, 4.69) is 5.32 Å². The summed E-state index contributed by atoms with van der Waals surface area (Å²) >= 11 is 5.50. The lowest BCUT2D eigenvalue weighted by Crippen LogP contribution is -2.37. The third kappa shape index (κ3) is 4.58. The van der Waals surface area contributed by atoms with Gasteiger partial charge in [0.15, 0.2) is 0 Å². The number of carbonyl (C=O) groups is 1. The first-order valence-electron chi connectivity index (χ1n) is 3.02. The Hall–Kier alpha value is -0.280. The van der Waals surface area contributed by atoms with Crippen molar-refractivity contribution in [1.29, 1.82) is 0 Å². The van der Waals surface area contributed by atoms with E-state index in [4.69, 9.17) is 16.3 Å². The van der Waals surface area contributed by atoms with Crippen LogP contribution in [-0.2, 0) is 9.53 Å². The lowest BCUT2D eigenvalue weighted by molar-refractivity contribution is -0.119. The molecule has 0 fully saturated rings. The van der Waals surface area contributed by atoms with E-state index in [0.29, 0.717) is 12.5 Å². The molecule has 10 heavy (non-hydrogen) atoms. The lowest BCUT2D eigenvalue weighted by atomic mass is 10.3. The number of methoxy groups -OCH3 is 1. The van der Waals surface area contributed by atoms with Gasteiger partial charge in [0.2, 0.25) is 5.91 Å². The summed E-state index contributed by atoms with van der Waals surface area (Å²) in [5.74, 6) is 0.302. The van der Waals surface area contributed by atoms with Gasteiger partial charge in [0.05, 0.1) is 12.6 Å². The molecule has 1 amide bonds. The molecule has 60 valence electrons. The average molecular weight is 166 g/mol. The Morgan fingerprint density at radius 3 is 2.70 bits per heavy atom. The van der Waals surface area contributed by atoms with Gasteiger partial charge < -0.3 is 10.1 Å². The fourth-order valence-corrected chi connectivity index (χ4v) is 0.780. The van der Waals surface area contributed by atoms with Crippen molar-refractivity contribution in [3.05, 3.63) is 0 Å². The summed E-state index contributed by atoms with van der Waals surface area (Å²) in [6.07, 6.45) is 0. The Labute approximate surface area is 65.7 Å². The smallest absolute Gasteiger partial charge is 0.217 e. The molecule has 0 radical (unpaired) electrons. The van der Waals surface area contributed by atoms with Crippen LogP contribution in [0.4, 0.5) is 0 Å². The van der Waals surface area contributed by atoms with Crippen LogP contribution in [0, 0.1) is 0 Å². The molecule has 0 aliphatic heterocycles. The zero-order chi connectivity index (χ0) is 7.98. The number of carbonyl (C=O) groups excluding carboxylic acids is 1. The average Bonchev–Trinajstić information content (AvgIpc) is 1.86. The van der Waals surface area contributed by atoms with Crippen molar-refractivity contribution in [3.8, 4) is 0 Å². The van der Waals surface area contributed by atoms with Crippen LogP contribution in [-0.4, -0.2) is 31.5 Å². The number of hydrogen-bond acceptors (Lipinski definition) is 2. The van der Waals surface area contributed by atoms with E-state index in [9.17, 15) is 4.79 Å². The molecule has 4 heteroatoms. The first kappa shape index (κ1) is 9.72. The van der Waals surface area contributed by atoms with Crippen LogP contribution in [0.1, 0.15) is 6.92 Å². The van der Waals surface area contributed by atoms with Crippen LogP contribution >= 0.6 is 11.6 Å². The lowest BCUT2D eigenvalue weighted by Gasteiger charge is -2.12. The summed E-state index contributed by atoms with van der Waals surface area (Å²) in [5.41, 5.74) is 0. The van der Waals surface area contributed by atoms with Gasteiger partial charge in [0.25, 0.3) is 0 Å². The van der Waals surface area contributed by atoms with Crippen LogP contribution < -0.4 is 5.32 Å². The molecule has 0 aliphatic carbocycles. The number of hydrogen-bond donors (Lipinski definition) is 1. The second-order valence-corrected chi connectivity index (χ2v) is 2.32. The molecule has 0 saturated carbocycles. The molecule has 3 nitrogen and oxygen atoms in total. The Morgan fingerprint density at radius 2 is 2.40 bits per heavy atom. The first-order valence-corrected chi connectivity index (χ1v) is 3.56. The van der Waals surface area contributed by atoms with Crippen LogP contribution in [0.2, 0.25) is 0 Å². The number of alkyl halides is 1. The van der Waals surface area contributed by atoms with Crippen molar-refractivity contribution in [2.45, 2.75) is 13.0 Å². The number of halogens is 1. The molecular weight excluding hydrogens is 154 g/mol. The molecule has 0 aromatic carbocycles. The Balaban J connectivity index is 3.49. The Bertz CT molecular complexity index is 108. The van der Waals surface area contributed by atoms with Crippen molar-refractivity contribution in [2.24, 2.45) is 0 Å². The van der Waals surface area contributed by atoms with Crippen molar-refractivity contribution in [1.82, 2.24) is 5.32 Å². The maximum Gasteiger partial charge on any atom is 0.217 e. The van der Waals surface area contributed by atoms with Gasteiger partial charge in [0.1, 0.15) is 0 Å². The molecule has 0 aromatic heterocycles. The topological polar surface area (TPSA) is 38.3 Å². The van der Waals surface area contributed by atoms with E-state index in [1.54, 1.807) is 7.11 Å². The molecule has 1 unspecified atom stereocenters. The van der Waals surface area contributed by atoms with Gasteiger partial charge in [-0.05, 0) is 0 Å². The van der Waals surface area contributed by atoms with Crippen molar-refractivity contribution < 1.29 is 9.53 Å². The van der Waals surface area contributed by atoms with Crippen LogP contribution in [0.25, 0.3) is 0 Å². The van der Waals surface area contributed by atoms with E-state index in [1.807, 2.05) is 0 Å². The molecule has 1 atom stereocenters. The molecule has 0 rings (SSSR count). The fraction of sp³-hybridized carbons (Fsp3) is 0.833. The highest BCUT2D eigenvalue weighted by Gasteiger charge is 2.06. The zero-order valence-corrected chi connectivity index (χ0v) is 6.94. The molecule has 0 bridgehead atoms. The number of nitrogens with one attached hydrogen (secondary N) is 1. The highest BCUT2D eigenvalue weighted by molar-refractivity contribution is 6.18. The number of rotatable bonds is 4. The maximum atomic E-state index is 10.5. The van der Waals surface area contributed by atoms with Gasteiger partial charge in [-0.15, -0.1) is 11.6 Å². The normalized spacial score (nSPS) is 12.7. The van der Waals surface area contributed by atoms with Crippen molar-refractivity contribution in [2.75, 3.05) is 19.6 Å². The molecule has 0 spiro atoms. The summed E-state index contributed by atoms with van der Waals surface area (Å²) < 4.78 is 4.80. The third-order valence-corrected chi connectivity index (χ3v) is 1.33. The summed E-state index contributed by atoms with van der Waals surface area (Å²) in [6, 6.07) is -0.0656. The van der Waals surface area contributed by atoms with Gasteiger partial charge in [-0.2, -0.15) is 0 Å². The van der Waals surface area contributed by atoms with E-state index in [1.165, 1.54) is 6.92 Å². The van der Waals surface area contributed by atoms with Crippen LogP contribution in [0.5, 0.6) is 0 Å². The highest BCUT2D eigenvalue weighted by Crippen LogP contribution is 1.88.